The minimum atomic E-state index is -0.425. The molecule has 0 bridgehead atoms. The summed E-state index contributed by atoms with van der Waals surface area (Å²) in [5.74, 6) is -0.158. The molecule has 4 nitrogen and oxygen atoms in total. The van der Waals surface area contributed by atoms with Gasteiger partial charge >= 0.3 is 6.03 Å². The summed E-state index contributed by atoms with van der Waals surface area (Å²) in [5, 5.41) is 5.25. The smallest absolute Gasteiger partial charge is 0.323 e. The van der Waals surface area contributed by atoms with Gasteiger partial charge in [0.15, 0.2) is 0 Å². The summed E-state index contributed by atoms with van der Waals surface area (Å²) in [7, 11) is 1.41. The lowest BCUT2D eigenvalue weighted by molar-refractivity contribution is 0.262. The van der Waals surface area contributed by atoms with Crippen LogP contribution in [0.2, 0.25) is 0 Å². The Morgan fingerprint density at radius 1 is 1.11 bits per heavy atom. The monoisotopic (exact) mass is 260 g/mol. The molecule has 2 aromatic carbocycles. The van der Waals surface area contributed by atoms with E-state index in [2.05, 4.69) is 10.6 Å². The number of anilines is 2. The van der Waals surface area contributed by atoms with E-state index in [9.17, 15) is 9.18 Å². The Balaban J connectivity index is 2.07. The summed E-state index contributed by atoms with van der Waals surface area (Å²) < 4.78 is 18.0. The van der Waals surface area contributed by atoms with Gasteiger partial charge < -0.3 is 15.4 Å². The predicted molar refractivity (Wildman–Crippen MR) is 72.0 cm³/mol. The standard InChI is InChI=1S/C14H13FN2O2/c1-19-13-9-10(15)7-8-12(13)17-14(18)16-11-5-3-2-4-6-11/h2-9H,1H3,(H2,16,17,18). The molecule has 0 heterocycles. The first kappa shape index (κ1) is 12.9. The van der Waals surface area contributed by atoms with Crippen LogP contribution < -0.4 is 15.4 Å². The maximum absolute atomic E-state index is 13.0. The van der Waals surface area contributed by atoms with Crippen LogP contribution in [-0.4, -0.2) is 13.1 Å². The highest BCUT2D eigenvalue weighted by molar-refractivity contribution is 6.00. The van der Waals surface area contributed by atoms with Gasteiger partial charge in [0.1, 0.15) is 11.6 Å². The van der Waals surface area contributed by atoms with Gasteiger partial charge in [0.25, 0.3) is 0 Å². The minimum absolute atomic E-state index is 0.267. The first-order valence-corrected chi connectivity index (χ1v) is 5.65. The number of benzene rings is 2. The number of hydrogen-bond acceptors (Lipinski definition) is 2. The molecule has 0 fully saturated rings. The van der Waals surface area contributed by atoms with Crippen LogP contribution in [0.1, 0.15) is 0 Å². The zero-order valence-electron chi connectivity index (χ0n) is 10.3. The van der Waals surface area contributed by atoms with Gasteiger partial charge in [0.05, 0.1) is 12.8 Å². The molecule has 98 valence electrons. The normalized spacial score (nSPS) is 9.79. The van der Waals surface area contributed by atoms with Crippen LogP contribution in [-0.2, 0) is 0 Å². The Bertz CT molecular complexity index is 573. The van der Waals surface area contributed by atoms with Gasteiger partial charge in [-0.2, -0.15) is 0 Å². The second kappa shape index (κ2) is 5.86. The van der Waals surface area contributed by atoms with E-state index in [1.165, 1.54) is 25.3 Å². The van der Waals surface area contributed by atoms with Crippen molar-refractivity contribution in [2.75, 3.05) is 17.7 Å². The molecule has 0 saturated carbocycles. The van der Waals surface area contributed by atoms with Crippen molar-refractivity contribution in [1.82, 2.24) is 0 Å². The number of urea groups is 1. The Morgan fingerprint density at radius 2 is 1.84 bits per heavy atom. The van der Waals surface area contributed by atoms with Crippen molar-refractivity contribution in [1.29, 1.82) is 0 Å². The van der Waals surface area contributed by atoms with Crippen LogP contribution in [0.5, 0.6) is 5.75 Å². The highest BCUT2D eigenvalue weighted by atomic mass is 19.1. The number of hydrogen-bond donors (Lipinski definition) is 2. The predicted octanol–water partition coefficient (Wildman–Crippen LogP) is 3.48. The Hall–Kier alpha value is -2.56. The van der Waals surface area contributed by atoms with E-state index in [-0.39, 0.29) is 5.75 Å². The van der Waals surface area contributed by atoms with E-state index in [4.69, 9.17) is 4.74 Å². The van der Waals surface area contributed by atoms with Crippen LogP contribution in [0.4, 0.5) is 20.6 Å². The maximum Gasteiger partial charge on any atom is 0.323 e. The molecule has 5 heteroatoms. The van der Waals surface area contributed by atoms with Crippen molar-refractivity contribution in [3.05, 3.63) is 54.3 Å². The number of amides is 2. The fraction of sp³-hybridized carbons (Fsp3) is 0.0714. The summed E-state index contributed by atoms with van der Waals surface area (Å²) >= 11 is 0. The van der Waals surface area contributed by atoms with E-state index >= 15 is 0 Å². The quantitative estimate of drug-likeness (QED) is 0.887. The summed E-state index contributed by atoms with van der Waals surface area (Å²) in [6.07, 6.45) is 0. The fourth-order valence-electron chi connectivity index (χ4n) is 1.57. The van der Waals surface area contributed by atoms with Gasteiger partial charge in [0, 0.05) is 11.8 Å². The first-order chi connectivity index (χ1) is 9.19. The number of carbonyl (C=O) groups is 1. The van der Waals surface area contributed by atoms with E-state index in [0.29, 0.717) is 11.4 Å². The number of carbonyl (C=O) groups excluding carboxylic acids is 1. The molecule has 0 atom stereocenters. The first-order valence-electron chi connectivity index (χ1n) is 5.65. The molecular formula is C14H13FN2O2. The van der Waals surface area contributed by atoms with Crippen LogP contribution in [0, 0.1) is 5.82 Å². The molecule has 0 aliphatic heterocycles. The van der Waals surface area contributed by atoms with E-state index in [1.807, 2.05) is 18.2 Å². The summed E-state index contributed by atoms with van der Waals surface area (Å²) in [6.45, 7) is 0. The van der Waals surface area contributed by atoms with Crippen molar-refractivity contribution < 1.29 is 13.9 Å². The van der Waals surface area contributed by atoms with Crippen molar-refractivity contribution in [3.63, 3.8) is 0 Å². The number of halogens is 1. The number of methoxy groups -OCH3 is 1. The van der Waals surface area contributed by atoms with E-state index < -0.39 is 11.8 Å². The number of para-hydroxylation sites is 1. The van der Waals surface area contributed by atoms with Gasteiger partial charge in [-0.1, -0.05) is 18.2 Å². The highest BCUT2D eigenvalue weighted by Gasteiger charge is 2.08. The average molecular weight is 260 g/mol. The Labute approximate surface area is 110 Å². The highest BCUT2D eigenvalue weighted by Crippen LogP contribution is 2.25. The minimum Gasteiger partial charge on any atom is -0.494 e. The number of rotatable bonds is 3. The van der Waals surface area contributed by atoms with Gasteiger partial charge in [0.2, 0.25) is 0 Å². The van der Waals surface area contributed by atoms with Gasteiger partial charge in [-0.3, -0.25) is 0 Å². The molecule has 0 saturated heterocycles. The van der Waals surface area contributed by atoms with E-state index in [1.54, 1.807) is 12.1 Å². The molecule has 0 spiro atoms. The number of nitrogens with one attached hydrogen (secondary N) is 2. The van der Waals surface area contributed by atoms with Crippen LogP contribution in [0.3, 0.4) is 0 Å². The lowest BCUT2D eigenvalue weighted by atomic mass is 10.3. The van der Waals surface area contributed by atoms with Gasteiger partial charge in [-0.05, 0) is 24.3 Å². The summed E-state index contributed by atoms with van der Waals surface area (Å²) in [4.78, 5) is 11.8. The van der Waals surface area contributed by atoms with Crippen molar-refractivity contribution in [2.45, 2.75) is 0 Å². The lowest BCUT2D eigenvalue weighted by Crippen LogP contribution is -2.19. The largest absolute Gasteiger partial charge is 0.494 e. The number of ether oxygens (including phenoxy) is 1. The molecule has 2 rings (SSSR count). The molecule has 0 aliphatic rings. The van der Waals surface area contributed by atoms with E-state index in [0.717, 1.165) is 0 Å². The van der Waals surface area contributed by atoms with Crippen LogP contribution in [0.15, 0.2) is 48.5 Å². The molecule has 19 heavy (non-hydrogen) atoms. The SMILES string of the molecule is COc1cc(F)ccc1NC(=O)Nc1ccccc1. The maximum atomic E-state index is 13.0. The summed E-state index contributed by atoms with van der Waals surface area (Å²) in [5.41, 5.74) is 1.07. The molecule has 0 aliphatic carbocycles. The van der Waals surface area contributed by atoms with Crippen LogP contribution in [0.25, 0.3) is 0 Å². The average Bonchev–Trinajstić information content (AvgIpc) is 2.42. The van der Waals surface area contributed by atoms with Gasteiger partial charge in [-0.15, -0.1) is 0 Å². The zero-order valence-corrected chi connectivity index (χ0v) is 10.3. The molecule has 0 radical (unpaired) electrons. The fourth-order valence-corrected chi connectivity index (χ4v) is 1.57. The second-order valence-electron chi connectivity index (χ2n) is 3.79. The molecule has 2 aromatic rings. The van der Waals surface area contributed by atoms with Crippen molar-refractivity contribution >= 4 is 17.4 Å². The van der Waals surface area contributed by atoms with Gasteiger partial charge in [-0.25, -0.2) is 9.18 Å². The van der Waals surface area contributed by atoms with Crippen molar-refractivity contribution in [2.24, 2.45) is 0 Å². The third kappa shape index (κ3) is 3.45. The third-order valence-corrected chi connectivity index (χ3v) is 2.44. The Kier molecular flexibility index (Phi) is 3.97. The summed E-state index contributed by atoms with van der Waals surface area (Å²) in [6, 6.07) is 12.5. The molecule has 0 unspecified atom stereocenters. The second-order valence-corrected chi connectivity index (χ2v) is 3.79. The van der Waals surface area contributed by atoms with Crippen molar-refractivity contribution in [3.8, 4) is 5.75 Å². The zero-order chi connectivity index (χ0) is 13.7. The Morgan fingerprint density at radius 3 is 2.53 bits per heavy atom. The van der Waals surface area contributed by atoms with Crippen LogP contribution >= 0.6 is 0 Å². The third-order valence-electron chi connectivity index (χ3n) is 2.44. The topological polar surface area (TPSA) is 50.4 Å². The lowest BCUT2D eigenvalue weighted by Gasteiger charge is -2.11. The molecule has 0 aromatic heterocycles. The molecule has 2 N–H and O–H groups in total. The molecule has 2 amide bonds. The molecular weight excluding hydrogens is 247 g/mol.